The molecule has 0 bridgehead atoms. The maximum atomic E-state index is 9.38. The Kier molecular flexibility index (Phi) is 13.0. The lowest BCUT2D eigenvalue weighted by atomic mass is 9.79. The fraction of sp³-hybridized carbons (Fsp3) is 0.952. The van der Waals surface area contributed by atoms with Crippen molar-refractivity contribution in [1.29, 1.82) is 0 Å². The largest absolute Gasteiger partial charge is 0.505 e. The summed E-state index contributed by atoms with van der Waals surface area (Å²) in [7, 11) is 0. The zero-order chi connectivity index (χ0) is 17.5. The normalized spacial score (nSPS) is 22.4. The summed E-state index contributed by atoms with van der Waals surface area (Å²) in [4.78, 5) is 9.38. The van der Waals surface area contributed by atoms with Crippen LogP contribution >= 0.6 is 0 Å². The lowest BCUT2D eigenvalue weighted by Crippen LogP contribution is -2.15. The highest BCUT2D eigenvalue weighted by Gasteiger charge is 2.21. The molecule has 3 nitrogen and oxygen atoms in total. The first-order valence-electron chi connectivity index (χ1n) is 10.6. The summed E-state index contributed by atoms with van der Waals surface area (Å²) in [5, 5.41) is 7.69. The minimum atomic E-state index is -1.21. The molecular formula is C21H40O3. The topological polar surface area (TPSA) is 46.5 Å². The predicted octanol–water partition coefficient (Wildman–Crippen LogP) is 7.19. The smallest absolute Gasteiger partial charge is 0.450 e. The SMILES string of the molecule is C1CCCCC(C2CCCCCCCC2)CCC1.CCOC(=O)O. The fourth-order valence-corrected chi connectivity index (χ4v) is 4.40. The predicted molar refractivity (Wildman–Crippen MR) is 101 cm³/mol. The summed E-state index contributed by atoms with van der Waals surface area (Å²) >= 11 is 0. The molecule has 0 saturated heterocycles. The summed E-state index contributed by atoms with van der Waals surface area (Å²) in [6, 6.07) is 0. The Morgan fingerprint density at radius 3 is 1.21 bits per heavy atom. The van der Waals surface area contributed by atoms with Crippen molar-refractivity contribution < 1.29 is 14.6 Å². The Labute approximate surface area is 149 Å². The molecular weight excluding hydrogens is 300 g/mol. The average molecular weight is 341 g/mol. The first kappa shape index (κ1) is 21.3. The second-order valence-corrected chi connectivity index (χ2v) is 7.62. The van der Waals surface area contributed by atoms with Crippen LogP contribution in [0.5, 0.6) is 0 Å². The van der Waals surface area contributed by atoms with Gasteiger partial charge in [-0.2, -0.15) is 0 Å². The second kappa shape index (κ2) is 14.6. The van der Waals surface area contributed by atoms with Gasteiger partial charge in [-0.3, -0.25) is 0 Å². The molecule has 2 rings (SSSR count). The van der Waals surface area contributed by atoms with Gasteiger partial charge in [0, 0.05) is 0 Å². The Hall–Kier alpha value is -0.730. The van der Waals surface area contributed by atoms with Crippen LogP contribution < -0.4 is 0 Å². The number of hydrogen-bond donors (Lipinski definition) is 1. The first-order valence-corrected chi connectivity index (χ1v) is 10.6. The third-order valence-corrected chi connectivity index (χ3v) is 5.73. The molecule has 0 amide bonds. The van der Waals surface area contributed by atoms with Crippen LogP contribution in [0.2, 0.25) is 0 Å². The summed E-state index contributed by atoms with van der Waals surface area (Å²) in [5.74, 6) is 2.20. The van der Waals surface area contributed by atoms with E-state index in [1.54, 1.807) is 32.6 Å². The number of rotatable bonds is 2. The summed E-state index contributed by atoms with van der Waals surface area (Å²) < 4.78 is 3.96. The molecule has 0 aromatic carbocycles. The van der Waals surface area contributed by atoms with Crippen LogP contribution in [0.25, 0.3) is 0 Å². The van der Waals surface area contributed by atoms with E-state index in [-0.39, 0.29) is 6.61 Å². The lowest BCUT2D eigenvalue weighted by Gasteiger charge is -2.27. The molecule has 142 valence electrons. The van der Waals surface area contributed by atoms with E-state index in [1.807, 2.05) is 0 Å². The van der Waals surface area contributed by atoms with Crippen molar-refractivity contribution in [2.24, 2.45) is 11.8 Å². The van der Waals surface area contributed by atoms with E-state index in [0.29, 0.717) is 0 Å². The van der Waals surface area contributed by atoms with Crippen molar-refractivity contribution in [1.82, 2.24) is 0 Å². The van der Waals surface area contributed by atoms with Crippen molar-refractivity contribution in [3.63, 3.8) is 0 Å². The highest BCUT2D eigenvalue weighted by atomic mass is 16.7. The van der Waals surface area contributed by atoms with Gasteiger partial charge >= 0.3 is 6.16 Å². The van der Waals surface area contributed by atoms with Crippen molar-refractivity contribution in [2.75, 3.05) is 6.61 Å². The number of carbonyl (C=O) groups is 1. The van der Waals surface area contributed by atoms with Gasteiger partial charge in [0.1, 0.15) is 0 Å². The van der Waals surface area contributed by atoms with Crippen LogP contribution in [0.3, 0.4) is 0 Å². The van der Waals surface area contributed by atoms with Crippen LogP contribution in [0, 0.1) is 11.8 Å². The molecule has 2 saturated carbocycles. The summed E-state index contributed by atoms with van der Waals surface area (Å²) in [6.07, 6.45) is 23.3. The van der Waals surface area contributed by atoms with E-state index in [4.69, 9.17) is 5.11 Å². The zero-order valence-electron chi connectivity index (χ0n) is 15.9. The summed E-state index contributed by atoms with van der Waals surface area (Å²) in [5.41, 5.74) is 0. The van der Waals surface area contributed by atoms with E-state index in [9.17, 15) is 4.79 Å². The van der Waals surface area contributed by atoms with Gasteiger partial charge in [-0.25, -0.2) is 4.79 Å². The minimum absolute atomic E-state index is 0.231. The maximum Gasteiger partial charge on any atom is 0.505 e. The van der Waals surface area contributed by atoms with Gasteiger partial charge in [0.2, 0.25) is 0 Å². The molecule has 0 atom stereocenters. The second-order valence-electron chi connectivity index (χ2n) is 7.62. The van der Waals surface area contributed by atoms with Gasteiger partial charge in [-0.05, 0) is 18.8 Å². The fourth-order valence-electron chi connectivity index (χ4n) is 4.40. The van der Waals surface area contributed by atoms with Crippen LogP contribution in [-0.4, -0.2) is 17.9 Å². The standard InChI is InChI=1S/C18H34.C3H6O3/c1-2-6-10-14-17(13-9-5-1)18-15-11-7-3-4-8-12-16-18;1-2-6-3(4)5/h17-18H,1-16H2;2H2,1H3,(H,4,5). The number of carboxylic acid groups (broad SMARTS) is 1. The number of ether oxygens (including phenoxy) is 1. The minimum Gasteiger partial charge on any atom is -0.450 e. The highest BCUT2D eigenvalue weighted by molar-refractivity contribution is 5.56. The van der Waals surface area contributed by atoms with Crippen molar-refractivity contribution >= 4 is 6.16 Å². The molecule has 2 fully saturated rings. The van der Waals surface area contributed by atoms with E-state index < -0.39 is 6.16 Å². The zero-order valence-corrected chi connectivity index (χ0v) is 15.9. The van der Waals surface area contributed by atoms with Crippen LogP contribution in [0.1, 0.15) is 110 Å². The van der Waals surface area contributed by atoms with Crippen molar-refractivity contribution in [3.05, 3.63) is 0 Å². The summed E-state index contributed by atoms with van der Waals surface area (Å²) in [6.45, 7) is 1.85. The molecule has 2 aliphatic carbocycles. The molecule has 0 aromatic rings. The molecule has 1 N–H and O–H groups in total. The van der Waals surface area contributed by atoms with E-state index in [2.05, 4.69) is 4.74 Å². The quantitative estimate of drug-likeness (QED) is 0.541. The van der Waals surface area contributed by atoms with Gasteiger partial charge in [-0.1, -0.05) is 103 Å². The third kappa shape index (κ3) is 10.9. The Morgan fingerprint density at radius 2 is 1.00 bits per heavy atom. The molecule has 0 spiro atoms. The Bertz CT molecular complexity index is 261. The van der Waals surface area contributed by atoms with Crippen molar-refractivity contribution in [2.45, 2.75) is 110 Å². The number of hydrogen-bond acceptors (Lipinski definition) is 2. The third-order valence-electron chi connectivity index (χ3n) is 5.73. The molecule has 24 heavy (non-hydrogen) atoms. The monoisotopic (exact) mass is 340 g/mol. The molecule has 3 heteroatoms. The molecule has 0 radical (unpaired) electrons. The van der Waals surface area contributed by atoms with Crippen LogP contribution in [0.4, 0.5) is 4.79 Å². The highest BCUT2D eigenvalue weighted by Crippen LogP contribution is 2.35. The molecule has 0 unspecified atom stereocenters. The van der Waals surface area contributed by atoms with Crippen LogP contribution in [-0.2, 0) is 4.74 Å². The van der Waals surface area contributed by atoms with Gasteiger partial charge < -0.3 is 9.84 Å². The molecule has 2 aliphatic rings. The molecule has 0 heterocycles. The molecule has 0 aromatic heterocycles. The molecule has 0 aliphatic heterocycles. The van der Waals surface area contributed by atoms with Gasteiger partial charge in [0.15, 0.2) is 0 Å². The van der Waals surface area contributed by atoms with E-state index in [0.717, 1.165) is 11.8 Å². The lowest BCUT2D eigenvalue weighted by molar-refractivity contribution is 0.0966. The Morgan fingerprint density at radius 1 is 0.708 bits per heavy atom. The maximum absolute atomic E-state index is 9.38. The van der Waals surface area contributed by atoms with E-state index >= 15 is 0 Å². The van der Waals surface area contributed by atoms with Gasteiger partial charge in [0.05, 0.1) is 6.61 Å². The van der Waals surface area contributed by atoms with Gasteiger partial charge in [0.25, 0.3) is 0 Å². The first-order chi connectivity index (χ1) is 11.7. The average Bonchev–Trinajstić information content (AvgIpc) is 2.78. The van der Waals surface area contributed by atoms with Crippen LogP contribution in [0.15, 0.2) is 0 Å². The van der Waals surface area contributed by atoms with Crippen molar-refractivity contribution in [3.8, 4) is 0 Å². The van der Waals surface area contributed by atoms with Gasteiger partial charge in [-0.15, -0.1) is 0 Å². The Balaban J connectivity index is 0.000000413. The van der Waals surface area contributed by atoms with E-state index in [1.165, 1.54) is 77.0 Å².